The number of aliphatic carboxylic acids is 2. The molecule has 2 aliphatic rings. The summed E-state index contributed by atoms with van der Waals surface area (Å²) in [5.74, 6) is -5.40. The maximum absolute atomic E-state index is 11.5. The Kier molecular flexibility index (Phi) is 3.56. The Morgan fingerprint density at radius 2 is 1.10 bits per heavy atom. The van der Waals surface area contributed by atoms with E-state index >= 15 is 0 Å². The summed E-state index contributed by atoms with van der Waals surface area (Å²) in [5, 5.41) is 19.2. The number of rotatable bonds is 2. The van der Waals surface area contributed by atoms with Crippen LogP contribution in [0.3, 0.4) is 0 Å². The molecule has 1 saturated carbocycles. The fourth-order valence-corrected chi connectivity index (χ4v) is 4.87. The molecule has 8 heteroatoms. The summed E-state index contributed by atoms with van der Waals surface area (Å²) in [7, 11) is 0. The van der Waals surface area contributed by atoms with Crippen molar-refractivity contribution in [2.45, 2.75) is 18.3 Å². The number of carboxylic acids is 2. The summed E-state index contributed by atoms with van der Waals surface area (Å²) in [4.78, 5) is 22.9. The van der Waals surface area contributed by atoms with Crippen LogP contribution < -0.4 is 0 Å². The third-order valence-electron chi connectivity index (χ3n) is 4.41. The van der Waals surface area contributed by atoms with Gasteiger partial charge in [0.15, 0.2) is 0 Å². The van der Waals surface area contributed by atoms with Gasteiger partial charge >= 0.3 is 11.9 Å². The summed E-state index contributed by atoms with van der Waals surface area (Å²) in [6, 6.07) is 0. The molecule has 0 spiro atoms. The fourth-order valence-electron chi connectivity index (χ4n) is 3.70. The molecule has 0 radical (unpaired) electrons. The zero-order valence-electron chi connectivity index (χ0n) is 10.2. The number of hydrogen-bond acceptors (Lipinski definition) is 2. The van der Waals surface area contributed by atoms with Gasteiger partial charge in [-0.25, -0.2) is 0 Å². The lowest BCUT2D eigenvalue weighted by Crippen LogP contribution is -2.34. The Balaban J connectivity index is 2.28. The average Bonchev–Trinajstić information content (AvgIpc) is 2.97. The quantitative estimate of drug-likeness (QED) is 0.602. The van der Waals surface area contributed by atoms with Gasteiger partial charge in [-0.05, 0) is 17.5 Å². The number of carbonyl (C=O) groups is 2. The van der Waals surface area contributed by atoms with Crippen molar-refractivity contribution < 1.29 is 19.8 Å². The van der Waals surface area contributed by atoms with Gasteiger partial charge in [0.2, 0.25) is 0 Å². The number of benzene rings is 1. The number of halogens is 4. The molecule has 0 aromatic heterocycles. The van der Waals surface area contributed by atoms with E-state index in [1.54, 1.807) is 0 Å². The van der Waals surface area contributed by atoms with Crippen molar-refractivity contribution in [2.24, 2.45) is 11.8 Å². The molecule has 2 unspecified atom stereocenters. The highest BCUT2D eigenvalue weighted by Gasteiger charge is 2.58. The molecule has 2 bridgehead atoms. The van der Waals surface area contributed by atoms with Gasteiger partial charge in [0.1, 0.15) is 0 Å². The predicted octanol–water partition coefficient (Wildman–Crippen LogP) is 4.29. The van der Waals surface area contributed by atoms with Crippen LogP contribution >= 0.6 is 46.4 Å². The molecule has 1 fully saturated rings. The van der Waals surface area contributed by atoms with Gasteiger partial charge < -0.3 is 10.2 Å². The van der Waals surface area contributed by atoms with Crippen LogP contribution in [0.15, 0.2) is 0 Å². The highest BCUT2D eigenvalue weighted by Crippen LogP contribution is 2.64. The Morgan fingerprint density at radius 3 is 1.38 bits per heavy atom. The molecule has 0 aliphatic heterocycles. The first kappa shape index (κ1) is 15.2. The lowest BCUT2D eigenvalue weighted by Gasteiger charge is -2.29. The van der Waals surface area contributed by atoms with E-state index in [-0.39, 0.29) is 20.1 Å². The molecule has 3 rings (SSSR count). The summed E-state index contributed by atoms with van der Waals surface area (Å²) in [6.45, 7) is 0. The van der Waals surface area contributed by atoms with Crippen LogP contribution in [-0.4, -0.2) is 22.2 Å². The van der Waals surface area contributed by atoms with Crippen molar-refractivity contribution in [3.8, 4) is 0 Å². The smallest absolute Gasteiger partial charge is 0.308 e. The maximum Gasteiger partial charge on any atom is 0.308 e. The van der Waals surface area contributed by atoms with Crippen molar-refractivity contribution >= 4 is 58.3 Å². The van der Waals surface area contributed by atoms with Gasteiger partial charge in [-0.15, -0.1) is 0 Å². The van der Waals surface area contributed by atoms with Gasteiger partial charge in [0.25, 0.3) is 0 Å². The topological polar surface area (TPSA) is 74.6 Å². The van der Waals surface area contributed by atoms with Gasteiger partial charge in [-0.2, -0.15) is 0 Å². The van der Waals surface area contributed by atoms with Crippen LogP contribution in [0.1, 0.15) is 29.4 Å². The van der Waals surface area contributed by atoms with Crippen molar-refractivity contribution in [1.29, 1.82) is 0 Å². The second-order valence-electron chi connectivity index (χ2n) is 5.26. The molecule has 1 aromatic rings. The van der Waals surface area contributed by atoms with E-state index < -0.39 is 35.6 Å². The standard InChI is InChI=1S/C13H8Cl4O4/c14-8-4-2-1-3(5(4)9(15)11(17)10(8)16)7(13(20)21)6(2)12(18)19/h2-3,6-7H,1H2,(H,18,19)(H,20,21)/t2-,3-,6?,7?/m1/s1. The highest BCUT2D eigenvalue weighted by molar-refractivity contribution is 6.52. The molecule has 2 aliphatic carbocycles. The lowest BCUT2D eigenvalue weighted by molar-refractivity contribution is -0.153. The van der Waals surface area contributed by atoms with Gasteiger partial charge in [-0.1, -0.05) is 46.4 Å². The van der Waals surface area contributed by atoms with E-state index in [0.29, 0.717) is 17.5 Å². The van der Waals surface area contributed by atoms with E-state index in [0.717, 1.165) is 0 Å². The zero-order valence-corrected chi connectivity index (χ0v) is 13.3. The number of fused-ring (bicyclic) bond motifs is 5. The molecule has 0 saturated heterocycles. The Hall–Kier alpha value is -0.680. The third kappa shape index (κ3) is 1.89. The normalized spacial score (nSPS) is 29.5. The maximum atomic E-state index is 11.5. The van der Waals surface area contributed by atoms with Crippen LogP contribution in [0.4, 0.5) is 0 Å². The summed E-state index contributed by atoms with van der Waals surface area (Å²) >= 11 is 24.4. The molecule has 4 nitrogen and oxygen atoms in total. The van der Waals surface area contributed by atoms with E-state index in [9.17, 15) is 19.8 Å². The van der Waals surface area contributed by atoms with Gasteiger partial charge in [-0.3, -0.25) is 9.59 Å². The summed E-state index contributed by atoms with van der Waals surface area (Å²) in [6.07, 6.45) is 0.374. The van der Waals surface area contributed by atoms with Crippen LogP contribution in [0.25, 0.3) is 0 Å². The van der Waals surface area contributed by atoms with Crippen molar-refractivity contribution in [3.05, 3.63) is 31.2 Å². The van der Waals surface area contributed by atoms with Crippen molar-refractivity contribution in [1.82, 2.24) is 0 Å². The summed E-state index contributed by atoms with van der Waals surface area (Å²) < 4.78 is 0. The second kappa shape index (κ2) is 4.92. The molecule has 1 aromatic carbocycles. The molecule has 112 valence electrons. The Bertz CT molecular complexity index is 630. The van der Waals surface area contributed by atoms with Crippen LogP contribution in [0.2, 0.25) is 20.1 Å². The first-order valence-corrected chi connectivity index (χ1v) is 7.59. The monoisotopic (exact) mass is 368 g/mol. The highest BCUT2D eigenvalue weighted by atomic mass is 35.5. The molecule has 2 N–H and O–H groups in total. The molecule has 0 heterocycles. The Labute approximate surface area is 139 Å². The minimum absolute atomic E-state index is 0.0747. The van der Waals surface area contributed by atoms with Crippen LogP contribution in [0, 0.1) is 11.8 Å². The predicted molar refractivity (Wildman–Crippen MR) is 78.8 cm³/mol. The van der Waals surface area contributed by atoms with E-state index in [4.69, 9.17) is 46.4 Å². The number of hydrogen-bond donors (Lipinski definition) is 2. The third-order valence-corrected chi connectivity index (χ3v) is 6.25. The van der Waals surface area contributed by atoms with Crippen molar-refractivity contribution in [3.63, 3.8) is 0 Å². The molecule has 4 atom stereocenters. The van der Waals surface area contributed by atoms with E-state index in [1.165, 1.54) is 0 Å². The summed E-state index contributed by atoms with van der Waals surface area (Å²) in [5.41, 5.74) is 1.07. The van der Waals surface area contributed by atoms with Gasteiger partial charge in [0.05, 0.1) is 31.9 Å². The van der Waals surface area contributed by atoms with Gasteiger partial charge in [0, 0.05) is 11.8 Å². The fraction of sp³-hybridized carbons (Fsp3) is 0.385. The molecule has 21 heavy (non-hydrogen) atoms. The van der Waals surface area contributed by atoms with E-state index in [1.807, 2.05) is 0 Å². The second-order valence-corrected chi connectivity index (χ2v) is 6.77. The van der Waals surface area contributed by atoms with Crippen LogP contribution in [-0.2, 0) is 9.59 Å². The van der Waals surface area contributed by atoms with Crippen molar-refractivity contribution in [2.75, 3.05) is 0 Å². The molecule has 0 amide bonds. The largest absolute Gasteiger partial charge is 0.481 e. The first-order chi connectivity index (χ1) is 9.77. The lowest BCUT2D eigenvalue weighted by atomic mass is 9.75. The molecular weight excluding hydrogens is 362 g/mol. The van der Waals surface area contributed by atoms with Crippen LogP contribution in [0.5, 0.6) is 0 Å². The number of carboxylic acid groups (broad SMARTS) is 2. The van der Waals surface area contributed by atoms with E-state index in [2.05, 4.69) is 0 Å². The SMILES string of the molecule is O=C(O)C1C(C(=O)O)[C@@H]2C[C@@H]1c1c(Cl)c(Cl)c(Cl)c(Cl)c12. The minimum atomic E-state index is -1.15. The first-order valence-electron chi connectivity index (χ1n) is 6.08. The average molecular weight is 370 g/mol. The molecular formula is C13H8Cl4O4. The zero-order chi connectivity index (χ0) is 15.6. The Morgan fingerprint density at radius 1 is 0.762 bits per heavy atom. The minimum Gasteiger partial charge on any atom is -0.481 e.